The van der Waals surface area contributed by atoms with Gasteiger partial charge in [0.05, 0.1) is 11.1 Å². The van der Waals surface area contributed by atoms with Crippen molar-refractivity contribution in [3.8, 4) is 0 Å². The van der Waals surface area contributed by atoms with E-state index in [1.807, 2.05) is 6.07 Å². The molecule has 2 atom stereocenters. The van der Waals surface area contributed by atoms with Crippen molar-refractivity contribution in [3.05, 3.63) is 40.5 Å². The fraction of sp³-hybridized carbons (Fsp3) is 0.571. The molecule has 0 amide bonds. The highest BCUT2D eigenvalue weighted by molar-refractivity contribution is 5.92. The molecule has 2 aromatic rings. The van der Waals surface area contributed by atoms with Gasteiger partial charge in [0.1, 0.15) is 18.3 Å². The molecule has 0 saturated carbocycles. The van der Waals surface area contributed by atoms with Gasteiger partial charge in [0.2, 0.25) is 0 Å². The van der Waals surface area contributed by atoms with Gasteiger partial charge in [-0.2, -0.15) is 5.10 Å². The molecule has 160 valence electrons. The van der Waals surface area contributed by atoms with Crippen LogP contribution in [0, 0.1) is 10.1 Å². The first-order chi connectivity index (χ1) is 14.5. The number of aromatic nitrogens is 3. The molecule has 9 heteroatoms. The Labute approximate surface area is 176 Å². The molecule has 2 fully saturated rings. The number of anilines is 2. The van der Waals surface area contributed by atoms with Crippen LogP contribution in [0.2, 0.25) is 0 Å². The van der Waals surface area contributed by atoms with Gasteiger partial charge in [-0.25, -0.2) is 4.68 Å². The quantitative estimate of drug-likeness (QED) is 0.422. The number of piperidine rings is 2. The van der Waals surface area contributed by atoms with Gasteiger partial charge in [-0.15, -0.1) is 10.2 Å². The molecule has 30 heavy (non-hydrogen) atoms. The van der Waals surface area contributed by atoms with Crippen LogP contribution < -0.4 is 9.80 Å². The van der Waals surface area contributed by atoms with Crippen LogP contribution >= 0.6 is 0 Å². The van der Waals surface area contributed by atoms with Crippen molar-refractivity contribution >= 4 is 23.3 Å². The molecule has 4 rings (SSSR count). The molecule has 0 aliphatic carbocycles. The largest absolute Gasteiger partial charge is 0.368 e. The van der Waals surface area contributed by atoms with E-state index in [-0.39, 0.29) is 10.6 Å². The lowest BCUT2D eigenvalue weighted by atomic mass is 9.98. The summed E-state index contributed by atoms with van der Waals surface area (Å²) in [6, 6.07) is 4.38. The lowest BCUT2D eigenvalue weighted by molar-refractivity contribution is -0.384. The summed E-state index contributed by atoms with van der Waals surface area (Å²) < 4.78 is 1.50. The van der Waals surface area contributed by atoms with Crippen LogP contribution in [-0.2, 0) is 0 Å². The van der Waals surface area contributed by atoms with Crippen LogP contribution in [-0.4, -0.2) is 51.2 Å². The van der Waals surface area contributed by atoms with Gasteiger partial charge >= 0.3 is 0 Å². The predicted molar refractivity (Wildman–Crippen MR) is 117 cm³/mol. The molecule has 0 radical (unpaired) electrons. The summed E-state index contributed by atoms with van der Waals surface area (Å²) in [7, 11) is 0. The Kier molecular flexibility index (Phi) is 5.96. The van der Waals surface area contributed by atoms with E-state index in [0.717, 1.165) is 55.7 Å². The first-order valence-corrected chi connectivity index (χ1v) is 10.8. The summed E-state index contributed by atoms with van der Waals surface area (Å²) in [5, 5.41) is 23.9. The van der Waals surface area contributed by atoms with Crippen molar-refractivity contribution in [2.45, 2.75) is 64.5 Å². The van der Waals surface area contributed by atoms with Gasteiger partial charge in [-0.3, -0.25) is 10.1 Å². The highest BCUT2D eigenvalue weighted by atomic mass is 16.6. The highest BCUT2D eigenvalue weighted by Crippen LogP contribution is 2.39. The third kappa shape index (κ3) is 4.15. The van der Waals surface area contributed by atoms with Gasteiger partial charge < -0.3 is 9.80 Å². The summed E-state index contributed by atoms with van der Waals surface area (Å²) in [6.45, 7) is 6.19. The SMILES string of the molecule is C[C@@H]1CCCCN1c1cc(N2CCCC[C@@H]2C)c([N+](=O)[O-])cc1/C=N\n1cnnc1. The van der Waals surface area contributed by atoms with Gasteiger partial charge in [0, 0.05) is 42.5 Å². The molecule has 3 heterocycles. The zero-order chi connectivity index (χ0) is 21.1. The van der Waals surface area contributed by atoms with Gasteiger partial charge in [-0.1, -0.05) is 0 Å². The normalized spacial score (nSPS) is 22.6. The van der Waals surface area contributed by atoms with E-state index in [4.69, 9.17) is 0 Å². The average molecular weight is 412 g/mol. The van der Waals surface area contributed by atoms with Gasteiger partial charge in [-0.05, 0) is 58.4 Å². The maximum Gasteiger partial charge on any atom is 0.293 e. The number of hydrogen-bond acceptors (Lipinski definition) is 7. The second kappa shape index (κ2) is 8.81. The fourth-order valence-electron chi connectivity index (χ4n) is 4.61. The summed E-state index contributed by atoms with van der Waals surface area (Å²) >= 11 is 0. The van der Waals surface area contributed by atoms with E-state index in [1.165, 1.54) is 30.2 Å². The first-order valence-electron chi connectivity index (χ1n) is 10.8. The van der Waals surface area contributed by atoms with Crippen molar-refractivity contribution < 1.29 is 4.92 Å². The van der Waals surface area contributed by atoms with Crippen LogP contribution in [0.5, 0.6) is 0 Å². The van der Waals surface area contributed by atoms with E-state index in [0.29, 0.717) is 12.1 Å². The second-order valence-corrected chi connectivity index (χ2v) is 8.32. The van der Waals surface area contributed by atoms with E-state index >= 15 is 0 Å². The summed E-state index contributed by atoms with van der Waals surface area (Å²) in [5.74, 6) is 0. The van der Waals surface area contributed by atoms with E-state index in [9.17, 15) is 10.1 Å². The van der Waals surface area contributed by atoms with Crippen LogP contribution in [0.25, 0.3) is 0 Å². The highest BCUT2D eigenvalue weighted by Gasteiger charge is 2.30. The molecular weight excluding hydrogens is 382 g/mol. The molecule has 0 spiro atoms. The number of benzene rings is 1. The topological polar surface area (TPSA) is 92.7 Å². The lowest BCUT2D eigenvalue weighted by Crippen LogP contribution is -2.40. The molecule has 9 nitrogen and oxygen atoms in total. The molecule has 1 aromatic heterocycles. The monoisotopic (exact) mass is 411 g/mol. The summed E-state index contributed by atoms with van der Waals surface area (Å²) in [5.41, 5.74) is 2.62. The van der Waals surface area contributed by atoms with Gasteiger partial charge in [0.25, 0.3) is 5.69 Å². The maximum atomic E-state index is 12.0. The van der Waals surface area contributed by atoms with Crippen LogP contribution in [0.4, 0.5) is 17.1 Å². The third-order valence-electron chi connectivity index (χ3n) is 6.28. The minimum absolute atomic E-state index is 0.141. The van der Waals surface area contributed by atoms with Crippen molar-refractivity contribution in [1.29, 1.82) is 0 Å². The number of rotatable bonds is 5. The minimum atomic E-state index is -0.268. The van der Waals surface area contributed by atoms with Gasteiger partial charge in [0.15, 0.2) is 0 Å². The second-order valence-electron chi connectivity index (χ2n) is 8.32. The molecule has 0 unspecified atom stereocenters. The predicted octanol–water partition coefficient (Wildman–Crippen LogP) is 3.83. The molecule has 0 bridgehead atoms. The van der Waals surface area contributed by atoms with Crippen LogP contribution in [0.15, 0.2) is 29.9 Å². The lowest BCUT2D eigenvalue weighted by Gasteiger charge is -2.39. The smallest absolute Gasteiger partial charge is 0.293 e. The summed E-state index contributed by atoms with van der Waals surface area (Å²) in [6.07, 6.45) is 11.4. The Morgan fingerprint density at radius 3 is 2.17 bits per heavy atom. The number of nitro benzene ring substituents is 1. The summed E-state index contributed by atoms with van der Waals surface area (Å²) in [4.78, 5) is 16.3. The number of nitrogens with zero attached hydrogens (tertiary/aromatic N) is 7. The molecule has 2 aliphatic rings. The average Bonchev–Trinajstić information content (AvgIpc) is 3.26. The molecule has 2 saturated heterocycles. The molecule has 1 aromatic carbocycles. The zero-order valence-corrected chi connectivity index (χ0v) is 17.6. The van der Waals surface area contributed by atoms with Crippen LogP contribution in [0.1, 0.15) is 57.9 Å². The van der Waals surface area contributed by atoms with E-state index in [1.54, 1.807) is 12.3 Å². The first kappa shape index (κ1) is 20.3. The molecule has 0 N–H and O–H groups in total. The zero-order valence-electron chi connectivity index (χ0n) is 17.6. The van der Waals surface area contributed by atoms with Crippen molar-refractivity contribution in [2.24, 2.45) is 5.10 Å². The Hall–Kier alpha value is -2.97. The van der Waals surface area contributed by atoms with Crippen LogP contribution in [0.3, 0.4) is 0 Å². The van der Waals surface area contributed by atoms with E-state index < -0.39 is 0 Å². The van der Waals surface area contributed by atoms with E-state index in [2.05, 4.69) is 38.9 Å². The molecule has 2 aliphatic heterocycles. The third-order valence-corrected chi connectivity index (χ3v) is 6.28. The number of hydrogen-bond donors (Lipinski definition) is 0. The fourth-order valence-corrected chi connectivity index (χ4v) is 4.61. The minimum Gasteiger partial charge on any atom is -0.368 e. The Balaban J connectivity index is 1.82. The molecular formula is C21H29N7O2. The van der Waals surface area contributed by atoms with Crippen molar-refractivity contribution in [2.75, 3.05) is 22.9 Å². The Bertz CT molecular complexity index is 912. The Morgan fingerprint density at radius 1 is 1.00 bits per heavy atom. The maximum absolute atomic E-state index is 12.0. The van der Waals surface area contributed by atoms with Crippen molar-refractivity contribution in [1.82, 2.24) is 14.9 Å². The van der Waals surface area contributed by atoms with Crippen molar-refractivity contribution in [3.63, 3.8) is 0 Å². The standard InChI is InChI=1S/C21H29N7O2/c1-16-7-3-5-9-26(16)19-12-20(27-10-6-4-8-17(27)2)21(28(29)30)11-18(19)13-24-25-14-22-23-15-25/h11-17H,3-10H2,1-2H3/b24-13-/t16-,17+/m1/s1. The Morgan fingerprint density at radius 2 is 1.60 bits per heavy atom. The number of nitro groups is 1.